The number of rotatable bonds is 3. The van der Waals surface area contributed by atoms with Gasteiger partial charge in [-0.1, -0.05) is 0 Å². The van der Waals surface area contributed by atoms with Crippen molar-refractivity contribution in [2.75, 3.05) is 10.9 Å². The van der Waals surface area contributed by atoms with Gasteiger partial charge in [-0.05, 0) is 40.0 Å². The molecule has 0 radical (unpaired) electrons. The van der Waals surface area contributed by atoms with Gasteiger partial charge in [0.25, 0.3) is 0 Å². The molecule has 0 bridgehead atoms. The minimum absolute atomic E-state index is 0.510. The molecule has 1 aliphatic rings. The molecule has 0 saturated carbocycles. The number of aromatic nitrogens is 4. The van der Waals surface area contributed by atoms with E-state index in [1.54, 1.807) is 0 Å². The fourth-order valence-electron chi connectivity index (χ4n) is 3.59. The van der Waals surface area contributed by atoms with Crippen LogP contribution in [0.4, 0.5) is 0 Å². The highest BCUT2D eigenvalue weighted by molar-refractivity contribution is 6.17. The van der Waals surface area contributed by atoms with E-state index in [0.29, 0.717) is 18.0 Å². The molecule has 2 unspecified atom stereocenters. The first-order valence-corrected chi connectivity index (χ1v) is 8.33. The van der Waals surface area contributed by atoms with E-state index in [4.69, 9.17) is 16.6 Å². The molecule has 116 valence electrons. The SMILES string of the molecule is Cc1nn(C)c2c1nc(CCCl)n2N1C(C)CCCC1C. The molecule has 2 aromatic rings. The molecule has 1 fully saturated rings. The molecule has 3 heterocycles. The van der Waals surface area contributed by atoms with Crippen LogP contribution < -0.4 is 5.01 Å². The molecular weight excluding hydrogens is 286 g/mol. The smallest absolute Gasteiger partial charge is 0.177 e. The molecule has 0 amide bonds. The van der Waals surface area contributed by atoms with Crippen LogP contribution in [0.5, 0.6) is 0 Å². The summed E-state index contributed by atoms with van der Waals surface area (Å²) in [6.07, 6.45) is 4.53. The summed E-state index contributed by atoms with van der Waals surface area (Å²) >= 11 is 6.00. The number of hydrogen-bond acceptors (Lipinski definition) is 3. The molecule has 0 aliphatic carbocycles. The van der Waals surface area contributed by atoms with Gasteiger partial charge in [-0.2, -0.15) is 5.10 Å². The minimum Gasteiger partial charge on any atom is -0.304 e. The number of nitrogens with zero attached hydrogens (tertiary/aromatic N) is 5. The maximum absolute atomic E-state index is 6.00. The molecule has 2 atom stereocenters. The lowest BCUT2D eigenvalue weighted by Crippen LogP contribution is -2.51. The highest BCUT2D eigenvalue weighted by Crippen LogP contribution is 2.27. The Bertz CT molecular complexity index is 634. The van der Waals surface area contributed by atoms with Crippen LogP contribution in [-0.4, -0.2) is 37.4 Å². The minimum atomic E-state index is 0.510. The van der Waals surface area contributed by atoms with E-state index >= 15 is 0 Å². The number of aryl methyl sites for hydroxylation is 3. The van der Waals surface area contributed by atoms with E-state index in [2.05, 4.69) is 28.6 Å². The van der Waals surface area contributed by atoms with Gasteiger partial charge in [0, 0.05) is 31.4 Å². The summed E-state index contributed by atoms with van der Waals surface area (Å²) < 4.78 is 4.23. The van der Waals surface area contributed by atoms with Gasteiger partial charge in [-0.15, -0.1) is 11.6 Å². The van der Waals surface area contributed by atoms with Crippen molar-refractivity contribution in [3.63, 3.8) is 0 Å². The third-order valence-corrected chi connectivity index (χ3v) is 4.73. The zero-order valence-corrected chi connectivity index (χ0v) is 14.1. The van der Waals surface area contributed by atoms with Gasteiger partial charge in [-0.3, -0.25) is 0 Å². The Hall–Kier alpha value is -1.23. The molecule has 1 aliphatic heterocycles. The number of halogens is 1. The average molecular weight is 310 g/mol. The second-order valence-electron chi connectivity index (χ2n) is 6.17. The highest BCUT2D eigenvalue weighted by Gasteiger charge is 2.30. The monoisotopic (exact) mass is 309 g/mol. The van der Waals surface area contributed by atoms with Gasteiger partial charge in [0.2, 0.25) is 0 Å². The van der Waals surface area contributed by atoms with Crippen LogP contribution in [0.1, 0.15) is 44.6 Å². The predicted molar refractivity (Wildman–Crippen MR) is 86.7 cm³/mol. The van der Waals surface area contributed by atoms with Crippen LogP contribution in [0.3, 0.4) is 0 Å². The summed E-state index contributed by atoms with van der Waals surface area (Å²) in [5, 5.41) is 7.00. The third-order valence-electron chi connectivity index (χ3n) is 4.54. The van der Waals surface area contributed by atoms with Crippen molar-refractivity contribution >= 4 is 22.8 Å². The van der Waals surface area contributed by atoms with Crippen molar-refractivity contribution in [1.82, 2.24) is 19.4 Å². The number of hydrogen-bond donors (Lipinski definition) is 0. The third kappa shape index (κ3) is 2.31. The lowest BCUT2D eigenvalue weighted by molar-refractivity contribution is 0.333. The molecule has 0 spiro atoms. The van der Waals surface area contributed by atoms with E-state index in [1.165, 1.54) is 19.3 Å². The summed E-state index contributed by atoms with van der Waals surface area (Å²) in [5.74, 6) is 1.64. The highest BCUT2D eigenvalue weighted by atomic mass is 35.5. The summed E-state index contributed by atoms with van der Waals surface area (Å²) in [5.41, 5.74) is 3.08. The number of imidazole rings is 1. The standard InChI is InChI=1S/C15H24ClN5/c1-10-6-5-7-11(2)20(10)21-13(8-9-16)17-14-12(3)18-19(4)15(14)21/h10-11H,5-9H2,1-4H3. The second-order valence-corrected chi connectivity index (χ2v) is 6.55. The van der Waals surface area contributed by atoms with E-state index in [-0.39, 0.29) is 0 Å². The molecule has 2 aromatic heterocycles. The first-order chi connectivity index (χ1) is 10.0. The van der Waals surface area contributed by atoms with Crippen molar-refractivity contribution < 1.29 is 0 Å². The maximum Gasteiger partial charge on any atom is 0.177 e. The molecule has 0 aromatic carbocycles. The molecule has 0 N–H and O–H groups in total. The molecule has 21 heavy (non-hydrogen) atoms. The average Bonchev–Trinajstić information content (AvgIpc) is 2.90. The van der Waals surface area contributed by atoms with Gasteiger partial charge < -0.3 is 5.01 Å². The van der Waals surface area contributed by atoms with Crippen LogP contribution in [0.2, 0.25) is 0 Å². The molecular formula is C15H24ClN5. The van der Waals surface area contributed by atoms with Crippen LogP contribution in [0, 0.1) is 6.92 Å². The lowest BCUT2D eigenvalue weighted by Gasteiger charge is -2.42. The largest absolute Gasteiger partial charge is 0.304 e. The van der Waals surface area contributed by atoms with Crippen LogP contribution >= 0.6 is 11.6 Å². The van der Waals surface area contributed by atoms with Crippen molar-refractivity contribution in [3.05, 3.63) is 11.5 Å². The number of fused-ring (bicyclic) bond motifs is 1. The van der Waals surface area contributed by atoms with E-state index in [1.807, 2.05) is 18.7 Å². The first-order valence-electron chi connectivity index (χ1n) is 7.80. The zero-order chi connectivity index (χ0) is 15.1. The normalized spacial score (nSPS) is 23.2. The fraction of sp³-hybridized carbons (Fsp3) is 0.733. The summed E-state index contributed by atoms with van der Waals surface area (Å²) in [6, 6.07) is 1.02. The quantitative estimate of drug-likeness (QED) is 0.818. The predicted octanol–water partition coefficient (Wildman–Crippen LogP) is 2.76. The molecule has 5 nitrogen and oxygen atoms in total. The summed E-state index contributed by atoms with van der Waals surface area (Å²) in [4.78, 5) is 4.82. The van der Waals surface area contributed by atoms with Gasteiger partial charge in [0.1, 0.15) is 11.3 Å². The Morgan fingerprint density at radius 1 is 1.24 bits per heavy atom. The van der Waals surface area contributed by atoms with Gasteiger partial charge in [0.15, 0.2) is 5.65 Å². The van der Waals surface area contributed by atoms with Gasteiger partial charge in [0.05, 0.1) is 5.69 Å². The summed E-state index contributed by atoms with van der Waals surface area (Å²) in [7, 11) is 2.00. The first kappa shape index (κ1) is 14.7. The fourth-order valence-corrected chi connectivity index (χ4v) is 3.76. The maximum atomic E-state index is 6.00. The topological polar surface area (TPSA) is 38.9 Å². The van der Waals surface area contributed by atoms with Crippen molar-refractivity contribution in [1.29, 1.82) is 0 Å². The Labute approximate surface area is 130 Å². The van der Waals surface area contributed by atoms with Crippen molar-refractivity contribution in [3.8, 4) is 0 Å². The van der Waals surface area contributed by atoms with E-state index in [0.717, 1.165) is 29.1 Å². The molecule has 3 rings (SSSR count). The second kappa shape index (κ2) is 5.52. The van der Waals surface area contributed by atoms with Crippen molar-refractivity contribution in [2.24, 2.45) is 7.05 Å². The summed E-state index contributed by atoms with van der Waals surface area (Å²) in [6.45, 7) is 6.62. The lowest BCUT2D eigenvalue weighted by atomic mass is 10.00. The Morgan fingerprint density at radius 2 is 1.90 bits per heavy atom. The molecule has 6 heteroatoms. The van der Waals surface area contributed by atoms with E-state index < -0.39 is 0 Å². The van der Waals surface area contributed by atoms with Gasteiger partial charge in [-0.25, -0.2) is 14.3 Å². The Morgan fingerprint density at radius 3 is 2.52 bits per heavy atom. The molecule has 1 saturated heterocycles. The van der Waals surface area contributed by atoms with Crippen LogP contribution in [-0.2, 0) is 13.5 Å². The van der Waals surface area contributed by atoms with Crippen LogP contribution in [0.15, 0.2) is 0 Å². The zero-order valence-electron chi connectivity index (χ0n) is 13.3. The van der Waals surface area contributed by atoms with Gasteiger partial charge >= 0.3 is 0 Å². The Balaban J connectivity index is 2.20. The number of piperidine rings is 1. The van der Waals surface area contributed by atoms with E-state index in [9.17, 15) is 0 Å². The number of alkyl halides is 1. The van der Waals surface area contributed by atoms with Crippen LogP contribution in [0.25, 0.3) is 11.2 Å². The van der Waals surface area contributed by atoms with Crippen molar-refractivity contribution in [2.45, 2.75) is 58.5 Å². The Kier molecular flexibility index (Phi) is 3.86.